The first kappa shape index (κ1) is 24.4. The van der Waals surface area contributed by atoms with Gasteiger partial charge in [0, 0.05) is 36.2 Å². The maximum atomic E-state index is 13.0. The Morgan fingerprint density at radius 2 is 2.00 bits per heavy atom. The second kappa shape index (κ2) is 11.6. The van der Waals surface area contributed by atoms with Crippen LogP contribution < -0.4 is 5.32 Å². The molecule has 1 aromatic carbocycles. The van der Waals surface area contributed by atoms with E-state index in [0.29, 0.717) is 21.6 Å². The van der Waals surface area contributed by atoms with Gasteiger partial charge in [-0.15, -0.1) is 11.3 Å². The van der Waals surface area contributed by atoms with Gasteiger partial charge in [-0.1, -0.05) is 61.6 Å². The highest BCUT2D eigenvalue weighted by Crippen LogP contribution is 2.28. The van der Waals surface area contributed by atoms with Gasteiger partial charge in [-0.25, -0.2) is 0 Å². The van der Waals surface area contributed by atoms with Crippen molar-refractivity contribution in [3.63, 3.8) is 0 Å². The summed E-state index contributed by atoms with van der Waals surface area (Å²) in [4.78, 5) is 17.2. The minimum absolute atomic E-state index is 0.199. The third kappa shape index (κ3) is 5.97. The maximum Gasteiger partial charge on any atom is 0.254 e. The number of aliphatic hydroxyl groups is 1. The van der Waals surface area contributed by atoms with Gasteiger partial charge in [0.05, 0.1) is 15.0 Å². The molecule has 8 heteroatoms. The Kier molecular flexibility index (Phi) is 8.85. The van der Waals surface area contributed by atoms with Crippen LogP contribution in [0.5, 0.6) is 0 Å². The molecular weight excluding hydrogens is 462 g/mol. The normalized spacial score (nSPS) is 10.9. The number of halogens is 1. The summed E-state index contributed by atoms with van der Waals surface area (Å²) in [6, 6.07) is 9.28. The molecule has 3 rings (SSSR count). The van der Waals surface area contributed by atoms with Crippen LogP contribution in [0.4, 0.5) is 0 Å². The molecule has 0 aliphatic rings. The highest BCUT2D eigenvalue weighted by molar-refractivity contribution is 7.71. The second-order valence-corrected chi connectivity index (χ2v) is 9.07. The van der Waals surface area contributed by atoms with E-state index in [9.17, 15) is 4.79 Å². The molecule has 2 N–H and O–H groups in total. The standard InChI is InChI=1S/C24H26ClN3O2S2/c1-3-27(4-2)11-12-28-16-21(23(30)26-15-17-7-9-18(25)10-8-17)22(31)20-14-19(6-5-13-29)32-24(20)28/h7-10,14,16,29H,3-4,11-13,15H2,1-2H3,(H,26,30). The Bertz CT molecular complexity index is 1200. The van der Waals surface area contributed by atoms with Crippen LogP contribution in [0.25, 0.3) is 10.2 Å². The van der Waals surface area contributed by atoms with Gasteiger partial charge in [-0.05, 0) is 36.9 Å². The highest BCUT2D eigenvalue weighted by Gasteiger charge is 2.16. The van der Waals surface area contributed by atoms with Crippen LogP contribution in [-0.2, 0) is 13.1 Å². The molecule has 0 saturated carbocycles. The van der Waals surface area contributed by atoms with Crippen LogP contribution in [0.1, 0.15) is 34.6 Å². The highest BCUT2D eigenvalue weighted by atomic mass is 35.5. The van der Waals surface area contributed by atoms with E-state index in [1.807, 2.05) is 24.4 Å². The number of thiophene rings is 1. The molecule has 0 saturated heterocycles. The SMILES string of the molecule is CCN(CC)CCn1cc(C(=O)NCc2ccc(Cl)cc2)c(=S)c2cc(C#CCO)sc21. The number of nitrogens with one attached hydrogen (secondary N) is 1. The Balaban J connectivity index is 1.95. The summed E-state index contributed by atoms with van der Waals surface area (Å²) >= 11 is 13.2. The van der Waals surface area contributed by atoms with Gasteiger partial charge in [-0.2, -0.15) is 0 Å². The first-order chi connectivity index (χ1) is 15.5. The molecule has 0 fully saturated rings. The zero-order valence-corrected chi connectivity index (χ0v) is 20.5. The van der Waals surface area contributed by atoms with E-state index in [1.54, 1.807) is 12.1 Å². The van der Waals surface area contributed by atoms with E-state index in [1.165, 1.54) is 11.3 Å². The Labute approximate surface area is 202 Å². The number of hydrogen-bond acceptors (Lipinski definition) is 5. The fourth-order valence-corrected chi connectivity index (χ4v) is 4.89. The van der Waals surface area contributed by atoms with Crippen molar-refractivity contribution in [2.75, 3.05) is 26.2 Å². The fraction of sp³-hybridized carbons (Fsp3) is 0.333. The average molecular weight is 488 g/mol. The van der Waals surface area contributed by atoms with Crippen LogP contribution in [0.15, 0.2) is 36.5 Å². The third-order valence-electron chi connectivity index (χ3n) is 5.20. The summed E-state index contributed by atoms with van der Waals surface area (Å²) in [7, 11) is 0. The predicted molar refractivity (Wildman–Crippen MR) is 135 cm³/mol. The average Bonchev–Trinajstić information content (AvgIpc) is 3.24. The molecule has 0 aliphatic heterocycles. The van der Waals surface area contributed by atoms with E-state index >= 15 is 0 Å². The van der Waals surface area contributed by atoms with Crippen LogP contribution in [0.3, 0.4) is 0 Å². The van der Waals surface area contributed by atoms with Gasteiger partial charge in [0.25, 0.3) is 5.91 Å². The zero-order valence-electron chi connectivity index (χ0n) is 18.2. The first-order valence-corrected chi connectivity index (χ1v) is 12.1. The zero-order chi connectivity index (χ0) is 23.1. The molecule has 0 radical (unpaired) electrons. The number of hydrogen-bond donors (Lipinski definition) is 2. The number of nitrogens with zero attached hydrogens (tertiary/aromatic N) is 2. The number of fused-ring (bicyclic) bond motifs is 1. The largest absolute Gasteiger partial charge is 0.384 e. The number of carbonyl (C=O) groups is 1. The minimum atomic E-state index is -0.211. The second-order valence-electron chi connectivity index (χ2n) is 7.19. The summed E-state index contributed by atoms with van der Waals surface area (Å²) in [6.07, 6.45) is 1.85. The summed E-state index contributed by atoms with van der Waals surface area (Å²) in [5.74, 6) is 5.44. The van der Waals surface area contributed by atoms with Crippen molar-refractivity contribution in [1.82, 2.24) is 14.8 Å². The van der Waals surface area contributed by atoms with Crippen molar-refractivity contribution in [3.8, 4) is 11.8 Å². The first-order valence-electron chi connectivity index (χ1n) is 10.5. The molecule has 32 heavy (non-hydrogen) atoms. The van der Waals surface area contributed by atoms with Crippen molar-refractivity contribution in [1.29, 1.82) is 0 Å². The number of aromatic nitrogens is 1. The number of amides is 1. The number of rotatable bonds is 8. The summed E-state index contributed by atoms with van der Waals surface area (Å²) < 4.78 is 2.61. The van der Waals surface area contributed by atoms with Crippen molar-refractivity contribution >= 4 is 51.3 Å². The molecule has 0 spiro atoms. The molecule has 0 unspecified atom stereocenters. The lowest BCUT2D eigenvalue weighted by Crippen LogP contribution is -2.28. The number of pyridine rings is 1. The predicted octanol–water partition coefficient (Wildman–Crippen LogP) is 4.70. The number of benzene rings is 1. The third-order valence-corrected chi connectivity index (χ3v) is 6.98. The Morgan fingerprint density at radius 1 is 1.28 bits per heavy atom. The molecule has 0 bridgehead atoms. The minimum Gasteiger partial charge on any atom is -0.384 e. The van der Waals surface area contributed by atoms with Gasteiger partial charge in [0.2, 0.25) is 0 Å². The van der Waals surface area contributed by atoms with Crippen LogP contribution >= 0.6 is 35.2 Å². The number of aliphatic hydroxyl groups excluding tert-OH is 1. The van der Waals surface area contributed by atoms with Gasteiger partial charge in [-0.3, -0.25) is 4.79 Å². The van der Waals surface area contributed by atoms with E-state index in [2.05, 4.69) is 40.5 Å². The quantitative estimate of drug-likeness (QED) is 0.357. The Hall–Kier alpha value is -2.21. The smallest absolute Gasteiger partial charge is 0.254 e. The van der Waals surface area contributed by atoms with Crippen molar-refractivity contribution in [2.45, 2.75) is 26.9 Å². The van der Waals surface area contributed by atoms with E-state index in [0.717, 1.165) is 46.8 Å². The molecule has 0 atom stereocenters. The lowest BCUT2D eigenvalue weighted by atomic mass is 10.2. The topological polar surface area (TPSA) is 57.5 Å². The van der Waals surface area contributed by atoms with Gasteiger partial charge in [0.15, 0.2) is 0 Å². The lowest BCUT2D eigenvalue weighted by molar-refractivity contribution is 0.0950. The molecule has 0 aliphatic carbocycles. The fourth-order valence-electron chi connectivity index (χ4n) is 3.36. The van der Waals surface area contributed by atoms with Crippen molar-refractivity contribution in [3.05, 3.63) is 62.1 Å². The summed E-state index contributed by atoms with van der Waals surface area (Å²) in [6.45, 7) is 7.99. The van der Waals surface area contributed by atoms with Crippen LogP contribution in [-0.4, -0.2) is 46.7 Å². The number of likely N-dealkylation sites (N-methyl/N-ethyl adjacent to an activating group) is 1. The van der Waals surface area contributed by atoms with E-state index in [4.69, 9.17) is 28.9 Å². The van der Waals surface area contributed by atoms with E-state index in [-0.39, 0.29) is 12.5 Å². The molecule has 2 aromatic heterocycles. The molecule has 3 aromatic rings. The van der Waals surface area contributed by atoms with Gasteiger partial charge < -0.3 is 19.9 Å². The Morgan fingerprint density at radius 3 is 2.66 bits per heavy atom. The van der Waals surface area contributed by atoms with Crippen molar-refractivity contribution in [2.24, 2.45) is 0 Å². The number of carbonyl (C=O) groups excluding carboxylic acids is 1. The van der Waals surface area contributed by atoms with Gasteiger partial charge >= 0.3 is 0 Å². The monoisotopic (exact) mass is 487 g/mol. The molecule has 168 valence electrons. The van der Waals surface area contributed by atoms with Crippen LogP contribution in [0, 0.1) is 16.4 Å². The summed E-state index contributed by atoms with van der Waals surface area (Å²) in [5.41, 5.74) is 1.43. The van der Waals surface area contributed by atoms with Crippen LogP contribution in [0.2, 0.25) is 5.02 Å². The molecular formula is C24H26ClN3O2S2. The lowest BCUT2D eigenvalue weighted by Gasteiger charge is -2.20. The van der Waals surface area contributed by atoms with E-state index < -0.39 is 0 Å². The van der Waals surface area contributed by atoms with Crippen molar-refractivity contribution < 1.29 is 9.90 Å². The summed E-state index contributed by atoms with van der Waals surface area (Å²) in [5, 5.41) is 13.5. The molecule has 2 heterocycles. The molecule has 1 amide bonds. The molecule has 5 nitrogen and oxygen atoms in total. The maximum absolute atomic E-state index is 13.0. The van der Waals surface area contributed by atoms with Gasteiger partial charge in [0.1, 0.15) is 11.4 Å².